The molecule has 2 aromatic carbocycles. The fraction of sp³-hybridized carbons (Fsp3) is 0.276. The van der Waals surface area contributed by atoms with E-state index in [0.717, 1.165) is 42.7 Å². The van der Waals surface area contributed by atoms with Crippen molar-refractivity contribution in [3.63, 3.8) is 0 Å². The molecule has 0 radical (unpaired) electrons. The van der Waals surface area contributed by atoms with Crippen LogP contribution >= 0.6 is 0 Å². The molecular formula is C29H30N4O2. The molecule has 1 aliphatic heterocycles. The molecule has 2 aromatic heterocycles. The third kappa shape index (κ3) is 5.11. The lowest BCUT2D eigenvalue weighted by molar-refractivity contribution is -0.133. The average Bonchev–Trinajstić information content (AvgIpc) is 3.39. The molecule has 2 amide bonds. The summed E-state index contributed by atoms with van der Waals surface area (Å²) in [6, 6.07) is 21.8. The Labute approximate surface area is 205 Å². The second-order valence-corrected chi connectivity index (χ2v) is 9.26. The number of amides is 2. The number of carbonyl (C=O) groups is 2. The minimum absolute atomic E-state index is 0.0879. The number of benzene rings is 2. The highest BCUT2D eigenvalue weighted by molar-refractivity contribution is 5.94. The maximum Gasteiger partial charge on any atom is 0.251 e. The van der Waals surface area contributed by atoms with Crippen LogP contribution in [-0.2, 0) is 11.3 Å². The lowest BCUT2D eigenvalue weighted by Crippen LogP contribution is -2.40. The van der Waals surface area contributed by atoms with Crippen LogP contribution in [0.2, 0.25) is 0 Å². The first-order valence-corrected chi connectivity index (χ1v) is 12.2. The number of nitrogens with one attached hydrogen (secondary N) is 1. The predicted octanol–water partition coefficient (Wildman–Crippen LogP) is 4.77. The molecule has 0 bridgehead atoms. The van der Waals surface area contributed by atoms with E-state index in [9.17, 15) is 9.59 Å². The summed E-state index contributed by atoms with van der Waals surface area (Å²) in [4.78, 5) is 31.9. The first-order chi connectivity index (χ1) is 17.1. The van der Waals surface area contributed by atoms with Crippen molar-refractivity contribution in [2.75, 3.05) is 13.1 Å². The fourth-order valence-electron chi connectivity index (χ4n) is 4.84. The lowest BCUT2D eigenvalue weighted by Gasteiger charge is -2.34. The SMILES string of the molecule is CC(C(=O)N1CCC(c2ccc(C(=O)NCc3ccn4ccnc4c3)cc2)CC1)c1ccccc1. The molecule has 1 unspecified atom stereocenters. The van der Waals surface area contributed by atoms with E-state index < -0.39 is 0 Å². The molecule has 1 saturated heterocycles. The Kier molecular flexibility index (Phi) is 6.62. The molecule has 0 saturated carbocycles. The Morgan fingerprint density at radius 1 is 1.00 bits per heavy atom. The van der Waals surface area contributed by atoms with Crippen LogP contribution in [0.5, 0.6) is 0 Å². The summed E-state index contributed by atoms with van der Waals surface area (Å²) in [6.07, 6.45) is 7.47. The Morgan fingerprint density at radius 2 is 1.74 bits per heavy atom. The summed E-state index contributed by atoms with van der Waals surface area (Å²) >= 11 is 0. The number of pyridine rings is 1. The molecule has 178 valence electrons. The zero-order valence-corrected chi connectivity index (χ0v) is 19.9. The van der Waals surface area contributed by atoms with Gasteiger partial charge < -0.3 is 14.6 Å². The Bertz CT molecular complexity index is 1310. The van der Waals surface area contributed by atoms with Crippen molar-refractivity contribution in [3.05, 3.63) is 108 Å². The number of piperidine rings is 1. The van der Waals surface area contributed by atoms with Gasteiger partial charge in [-0.05, 0) is 66.6 Å². The number of likely N-dealkylation sites (tertiary alicyclic amines) is 1. The molecule has 6 nitrogen and oxygen atoms in total. The van der Waals surface area contributed by atoms with Crippen LogP contribution in [0, 0.1) is 0 Å². The number of imidazole rings is 1. The highest BCUT2D eigenvalue weighted by Gasteiger charge is 2.27. The molecule has 0 aliphatic carbocycles. The van der Waals surface area contributed by atoms with Crippen LogP contribution in [0.4, 0.5) is 0 Å². The first kappa shape index (κ1) is 22.8. The summed E-state index contributed by atoms with van der Waals surface area (Å²) in [5.74, 6) is 0.403. The minimum Gasteiger partial charge on any atom is -0.348 e. The van der Waals surface area contributed by atoms with Gasteiger partial charge in [0.15, 0.2) is 0 Å². The number of hydrogen-bond donors (Lipinski definition) is 1. The number of nitrogens with zero attached hydrogens (tertiary/aromatic N) is 3. The van der Waals surface area contributed by atoms with Crippen LogP contribution in [-0.4, -0.2) is 39.2 Å². The second-order valence-electron chi connectivity index (χ2n) is 9.26. The normalized spacial score (nSPS) is 15.2. The van der Waals surface area contributed by atoms with Gasteiger partial charge in [-0.1, -0.05) is 42.5 Å². The summed E-state index contributed by atoms with van der Waals surface area (Å²) < 4.78 is 1.94. The quantitative estimate of drug-likeness (QED) is 0.445. The topological polar surface area (TPSA) is 66.7 Å². The van der Waals surface area contributed by atoms with Gasteiger partial charge in [-0.3, -0.25) is 9.59 Å². The van der Waals surface area contributed by atoms with Crippen molar-refractivity contribution in [1.29, 1.82) is 0 Å². The predicted molar refractivity (Wildman–Crippen MR) is 136 cm³/mol. The van der Waals surface area contributed by atoms with Crippen LogP contribution < -0.4 is 5.32 Å². The Morgan fingerprint density at radius 3 is 2.49 bits per heavy atom. The van der Waals surface area contributed by atoms with Crippen LogP contribution in [0.3, 0.4) is 0 Å². The van der Waals surface area contributed by atoms with E-state index in [0.29, 0.717) is 18.0 Å². The van der Waals surface area contributed by atoms with Gasteiger partial charge in [0, 0.05) is 43.8 Å². The monoisotopic (exact) mass is 466 g/mol. The second kappa shape index (κ2) is 10.1. The van der Waals surface area contributed by atoms with E-state index in [1.807, 2.05) is 83.2 Å². The van der Waals surface area contributed by atoms with Crippen molar-refractivity contribution in [1.82, 2.24) is 19.6 Å². The molecule has 3 heterocycles. The molecule has 1 N–H and O–H groups in total. The third-order valence-corrected chi connectivity index (χ3v) is 7.04. The summed E-state index contributed by atoms with van der Waals surface area (Å²) in [7, 11) is 0. The largest absolute Gasteiger partial charge is 0.348 e. The first-order valence-electron chi connectivity index (χ1n) is 12.2. The molecule has 4 aromatic rings. The van der Waals surface area contributed by atoms with Crippen LogP contribution in [0.1, 0.15) is 58.6 Å². The Balaban J connectivity index is 1.13. The standard InChI is InChI=1S/C29H30N4O2/c1-21(23-5-3-2-4-6-23)29(35)33-16-12-25(13-17-33)24-7-9-26(10-8-24)28(34)31-20-22-11-15-32-18-14-30-27(32)19-22/h2-11,14-15,18-19,21,25H,12-13,16-17,20H2,1H3,(H,31,34). The van der Waals surface area contributed by atoms with Crippen LogP contribution in [0.25, 0.3) is 5.65 Å². The molecule has 35 heavy (non-hydrogen) atoms. The van der Waals surface area contributed by atoms with Gasteiger partial charge in [0.2, 0.25) is 5.91 Å². The molecule has 6 heteroatoms. The average molecular weight is 467 g/mol. The third-order valence-electron chi connectivity index (χ3n) is 7.04. The molecule has 1 atom stereocenters. The number of fused-ring (bicyclic) bond motifs is 1. The smallest absolute Gasteiger partial charge is 0.251 e. The fourth-order valence-corrected chi connectivity index (χ4v) is 4.84. The molecule has 0 spiro atoms. The van der Waals surface area contributed by atoms with Crippen LogP contribution in [0.15, 0.2) is 85.3 Å². The maximum absolute atomic E-state index is 13.0. The molecular weight excluding hydrogens is 436 g/mol. The van der Waals surface area contributed by atoms with E-state index in [1.54, 1.807) is 6.20 Å². The van der Waals surface area contributed by atoms with Gasteiger partial charge in [-0.2, -0.15) is 0 Å². The molecule has 1 aliphatic rings. The highest BCUT2D eigenvalue weighted by Crippen LogP contribution is 2.30. The van der Waals surface area contributed by atoms with Gasteiger partial charge in [0.1, 0.15) is 5.65 Å². The lowest BCUT2D eigenvalue weighted by atomic mass is 9.88. The van der Waals surface area contributed by atoms with E-state index in [1.165, 1.54) is 5.56 Å². The minimum atomic E-state index is -0.118. The van der Waals surface area contributed by atoms with Crippen molar-refractivity contribution in [2.24, 2.45) is 0 Å². The molecule has 1 fully saturated rings. The van der Waals surface area contributed by atoms with Crippen molar-refractivity contribution in [2.45, 2.75) is 38.1 Å². The zero-order chi connectivity index (χ0) is 24.2. The van der Waals surface area contributed by atoms with Crippen molar-refractivity contribution < 1.29 is 9.59 Å². The Hall–Kier alpha value is -3.93. The number of aromatic nitrogens is 2. The zero-order valence-electron chi connectivity index (χ0n) is 19.9. The van der Waals surface area contributed by atoms with Gasteiger partial charge >= 0.3 is 0 Å². The highest BCUT2D eigenvalue weighted by atomic mass is 16.2. The van der Waals surface area contributed by atoms with E-state index in [-0.39, 0.29) is 17.7 Å². The summed E-state index contributed by atoms with van der Waals surface area (Å²) in [6.45, 7) is 3.98. The number of rotatable bonds is 6. The summed E-state index contributed by atoms with van der Waals surface area (Å²) in [5.41, 5.74) is 4.82. The number of carbonyl (C=O) groups excluding carboxylic acids is 2. The summed E-state index contributed by atoms with van der Waals surface area (Å²) in [5, 5.41) is 2.99. The maximum atomic E-state index is 13.0. The van der Waals surface area contributed by atoms with E-state index in [4.69, 9.17) is 0 Å². The molecule has 5 rings (SSSR count). The van der Waals surface area contributed by atoms with Gasteiger partial charge in [0.25, 0.3) is 5.91 Å². The van der Waals surface area contributed by atoms with Crippen molar-refractivity contribution >= 4 is 17.5 Å². The van der Waals surface area contributed by atoms with Gasteiger partial charge in [0.05, 0.1) is 5.92 Å². The van der Waals surface area contributed by atoms with Gasteiger partial charge in [-0.15, -0.1) is 0 Å². The van der Waals surface area contributed by atoms with Gasteiger partial charge in [-0.25, -0.2) is 4.98 Å². The van der Waals surface area contributed by atoms with E-state index in [2.05, 4.69) is 22.4 Å². The number of hydrogen-bond acceptors (Lipinski definition) is 3. The van der Waals surface area contributed by atoms with E-state index >= 15 is 0 Å². The van der Waals surface area contributed by atoms with Crippen molar-refractivity contribution in [3.8, 4) is 0 Å².